The molecule has 1 amide bonds. The lowest BCUT2D eigenvalue weighted by Crippen LogP contribution is -2.45. The lowest BCUT2D eigenvalue weighted by atomic mass is 9.90. The highest BCUT2D eigenvalue weighted by molar-refractivity contribution is 5.80. The van der Waals surface area contributed by atoms with E-state index in [1.807, 2.05) is 6.07 Å². The van der Waals surface area contributed by atoms with Crippen LogP contribution >= 0.6 is 0 Å². The second-order valence-electron chi connectivity index (χ2n) is 6.52. The van der Waals surface area contributed by atoms with Crippen LogP contribution in [0.1, 0.15) is 44.2 Å². The topological polar surface area (TPSA) is 55.1 Å². The molecule has 2 atom stereocenters. The third kappa shape index (κ3) is 3.21. The maximum Gasteiger partial charge on any atom is 0.224 e. The van der Waals surface area contributed by atoms with Crippen molar-refractivity contribution in [3.63, 3.8) is 0 Å². The van der Waals surface area contributed by atoms with Crippen LogP contribution in [-0.2, 0) is 10.3 Å². The lowest BCUT2D eigenvalue weighted by Gasteiger charge is -2.30. The van der Waals surface area contributed by atoms with Gasteiger partial charge >= 0.3 is 0 Å². The van der Waals surface area contributed by atoms with Crippen molar-refractivity contribution in [2.45, 2.75) is 45.6 Å². The van der Waals surface area contributed by atoms with Gasteiger partial charge in [0.1, 0.15) is 0 Å². The molecule has 0 radical (unpaired) electrons. The number of nitrogens with two attached hydrogens (primary N) is 1. The molecule has 2 rings (SSSR count). The number of hydrogen-bond acceptors (Lipinski definition) is 2. The van der Waals surface area contributed by atoms with E-state index in [4.69, 9.17) is 5.73 Å². The predicted octanol–water partition coefficient (Wildman–Crippen LogP) is 2.72. The molecule has 3 N–H and O–H groups in total. The second-order valence-corrected chi connectivity index (χ2v) is 6.52. The molecule has 1 aromatic carbocycles. The van der Waals surface area contributed by atoms with Crippen LogP contribution in [0.5, 0.6) is 0 Å². The second kappa shape index (κ2) is 5.96. The normalized spacial score (nSPS) is 22.8. The standard InChI is InChI=1S/C17H26N2O/c1-12-6-4-8-14(10-12)17(2,3)19-16(20)15-9-5-7-13(15)11-18/h4,6,8,10,13,15H,5,7,9,11,18H2,1-3H3,(H,19,20)/t13-,15-/m1/s1. The van der Waals surface area contributed by atoms with E-state index >= 15 is 0 Å². The monoisotopic (exact) mass is 274 g/mol. The highest BCUT2D eigenvalue weighted by atomic mass is 16.2. The number of hydrogen-bond donors (Lipinski definition) is 2. The minimum Gasteiger partial charge on any atom is -0.347 e. The molecule has 0 spiro atoms. The minimum atomic E-state index is -0.342. The summed E-state index contributed by atoms with van der Waals surface area (Å²) in [7, 11) is 0. The maximum absolute atomic E-state index is 12.5. The zero-order chi connectivity index (χ0) is 14.8. The van der Waals surface area contributed by atoms with Crippen molar-refractivity contribution in [1.29, 1.82) is 0 Å². The molecule has 0 bridgehead atoms. The molecule has 110 valence electrons. The van der Waals surface area contributed by atoms with Crippen LogP contribution in [0.15, 0.2) is 24.3 Å². The van der Waals surface area contributed by atoms with Gasteiger partial charge in [-0.25, -0.2) is 0 Å². The highest BCUT2D eigenvalue weighted by Gasteiger charge is 2.34. The van der Waals surface area contributed by atoms with Crippen molar-refractivity contribution in [3.05, 3.63) is 35.4 Å². The Morgan fingerprint density at radius 1 is 1.40 bits per heavy atom. The van der Waals surface area contributed by atoms with Gasteiger partial charge in [0.15, 0.2) is 0 Å². The molecule has 1 saturated carbocycles. The van der Waals surface area contributed by atoms with E-state index in [0.717, 1.165) is 24.8 Å². The lowest BCUT2D eigenvalue weighted by molar-refractivity contribution is -0.127. The van der Waals surface area contributed by atoms with Crippen molar-refractivity contribution in [2.75, 3.05) is 6.54 Å². The van der Waals surface area contributed by atoms with Crippen LogP contribution in [-0.4, -0.2) is 12.5 Å². The quantitative estimate of drug-likeness (QED) is 0.887. The summed E-state index contributed by atoms with van der Waals surface area (Å²) in [5, 5.41) is 3.21. The molecule has 1 fully saturated rings. The van der Waals surface area contributed by atoms with Crippen LogP contribution in [0.3, 0.4) is 0 Å². The van der Waals surface area contributed by atoms with E-state index in [1.165, 1.54) is 5.56 Å². The molecule has 20 heavy (non-hydrogen) atoms. The summed E-state index contributed by atoms with van der Waals surface area (Å²) in [6.45, 7) is 6.81. The van der Waals surface area contributed by atoms with Crippen LogP contribution in [0.25, 0.3) is 0 Å². The van der Waals surface area contributed by atoms with Gasteiger partial charge in [-0.2, -0.15) is 0 Å². The Kier molecular flexibility index (Phi) is 4.48. The van der Waals surface area contributed by atoms with Gasteiger partial charge in [0.2, 0.25) is 5.91 Å². The van der Waals surface area contributed by atoms with Crippen molar-refractivity contribution in [1.82, 2.24) is 5.32 Å². The number of aryl methyl sites for hydroxylation is 1. The van der Waals surface area contributed by atoms with Crippen LogP contribution in [0.2, 0.25) is 0 Å². The Bertz CT molecular complexity index is 482. The van der Waals surface area contributed by atoms with Gasteiger partial charge in [0.25, 0.3) is 0 Å². The first kappa shape index (κ1) is 15.0. The average molecular weight is 274 g/mol. The largest absolute Gasteiger partial charge is 0.347 e. The molecular formula is C17H26N2O. The van der Waals surface area contributed by atoms with Gasteiger partial charge < -0.3 is 11.1 Å². The van der Waals surface area contributed by atoms with Gasteiger partial charge in [0, 0.05) is 5.92 Å². The van der Waals surface area contributed by atoms with Crippen LogP contribution in [0, 0.1) is 18.8 Å². The third-order valence-electron chi connectivity index (χ3n) is 4.47. The summed E-state index contributed by atoms with van der Waals surface area (Å²) in [6.07, 6.45) is 3.17. The van der Waals surface area contributed by atoms with Crippen LogP contribution < -0.4 is 11.1 Å². The average Bonchev–Trinajstić information content (AvgIpc) is 2.86. The van der Waals surface area contributed by atoms with E-state index in [2.05, 4.69) is 44.3 Å². The maximum atomic E-state index is 12.5. The van der Waals surface area contributed by atoms with Crippen LogP contribution in [0.4, 0.5) is 0 Å². The molecule has 0 unspecified atom stereocenters. The zero-order valence-corrected chi connectivity index (χ0v) is 12.8. The fourth-order valence-corrected chi connectivity index (χ4v) is 3.17. The SMILES string of the molecule is Cc1cccc(C(C)(C)NC(=O)[C@@H]2CCC[C@@H]2CN)c1. The smallest absolute Gasteiger partial charge is 0.224 e. The van der Waals surface area contributed by atoms with Crippen molar-refractivity contribution < 1.29 is 4.79 Å². The first-order chi connectivity index (χ1) is 9.44. The van der Waals surface area contributed by atoms with E-state index < -0.39 is 0 Å². The van der Waals surface area contributed by atoms with Crippen molar-refractivity contribution in [2.24, 2.45) is 17.6 Å². The molecule has 1 aromatic rings. The van der Waals surface area contributed by atoms with Gasteiger partial charge in [-0.1, -0.05) is 36.2 Å². The summed E-state index contributed by atoms with van der Waals surface area (Å²) < 4.78 is 0. The first-order valence-electron chi connectivity index (χ1n) is 7.53. The van der Waals surface area contributed by atoms with E-state index in [9.17, 15) is 4.79 Å². The number of rotatable bonds is 4. The number of amides is 1. The van der Waals surface area contributed by atoms with E-state index in [-0.39, 0.29) is 17.4 Å². The third-order valence-corrected chi connectivity index (χ3v) is 4.47. The fourth-order valence-electron chi connectivity index (χ4n) is 3.17. The molecule has 0 heterocycles. The summed E-state index contributed by atoms with van der Waals surface area (Å²) in [6, 6.07) is 8.32. The first-order valence-corrected chi connectivity index (χ1v) is 7.53. The predicted molar refractivity (Wildman–Crippen MR) is 82.2 cm³/mol. The summed E-state index contributed by atoms with van der Waals surface area (Å²) >= 11 is 0. The summed E-state index contributed by atoms with van der Waals surface area (Å²) in [5.74, 6) is 0.594. The Hall–Kier alpha value is -1.35. The van der Waals surface area contributed by atoms with Crippen molar-refractivity contribution in [3.8, 4) is 0 Å². The van der Waals surface area contributed by atoms with Gasteiger partial charge in [-0.05, 0) is 51.6 Å². The highest BCUT2D eigenvalue weighted by Crippen LogP contribution is 2.32. The summed E-state index contributed by atoms with van der Waals surface area (Å²) in [4.78, 5) is 12.5. The van der Waals surface area contributed by atoms with Gasteiger partial charge in [-0.3, -0.25) is 4.79 Å². The number of carbonyl (C=O) groups is 1. The minimum absolute atomic E-state index is 0.0871. The Labute approximate surface area is 121 Å². The Morgan fingerprint density at radius 2 is 2.15 bits per heavy atom. The van der Waals surface area contributed by atoms with Gasteiger partial charge in [-0.15, -0.1) is 0 Å². The number of carbonyl (C=O) groups excluding carboxylic acids is 1. The fraction of sp³-hybridized carbons (Fsp3) is 0.588. The zero-order valence-electron chi connectivity index (χ0n) is 12.8. The Morgan fingerprint density at radius 3 is 2.80 bits per heavy atom. The molecule has 0 aliphatic heterocycles. The van der Waals surface area contributed by atoms with E-state index in [1.54, 1.807) is 0 Å². The molecule has 3 nitrogen and oxygen atoms in total. The number of nitrogens with one attached hydrogen (secondary N) is 1. The molecule has 0 aromatic heterocycles. The molecule has 0 saturated heterocycles. The van der Waals surface area contributed by atoms with Gasteiger partial charge in [0.05, 0.1) is 5.54 Å². The Balaban J connectivity index is 2.09. The number of benzene rings is 1. The van der Waals surface area contributed by atoms with E-state index in [0.29, 0.717) is 12.5 Å². The molecule has 1 aliphatic carbocycles. The summed E-state index contributed by atoms with van der Waals surface area (Å²) in [5.41, 5.74) is 7.79. The molecule has 1 aliphatic rings. The molecular weight excluding hydrogens is 248 g/mol. The molecule has 3 heteroatoms. The van der Waals surface area contributed by atoms with Crippen molar-refractivity contribution >= 4 is 5.91 Å².